The number of hydrogen-bond donors (Lipinski definition) is 0. The van der Waals surface area contributed by atoms with Crippen LogP contribution in [-0.4, -0.2) is 56.4 Å². The SMILES string of the molecule is CC(C)(C)OC(=O)N1CCCC(Oc2nccn3c(C=O)cnc23)C1. The van der Waals surface area contributed by atoms with Crippen LogP contribution in [0.25, 0.3) is 5.65 Å². The standard InChI is InChI=1S/C17H22N4O4/c1-17(2,3)25-16(23)20-7-4-5-13(10-20)24-15-14-19-9-12(11-22)21(14)8-6-18-15/h6,8-9,11,13H,4-5,7,10H2,1-3H3. The van der Waals surface area contributed by atoms with Crippen molar-refractivity contribution in [2.24, 2.45) is 0 Å². The van der Waals surface area contributed by atoms with E-state index in [0.29, 0.717) is 30.3 Å². The molecule has 1 amide bonds. The molecule has 8 nitrogen and oxygen atoms in total. The highest BCUT2D eigenvalue weighted by Gasteiger charge is 2.29. The van der Waals surface area contributed by atoms with Crippen molar-refractivity contribution < 1.29 is 19.1 Å². The van der Waals surface area contributed by atoms with Crippen LogP contribution in [0.2, 0.25) is 0 Å². The van der Waals surface area contributed by atoms with Gasteiger partial charge in [-0.05, 0) is 33.6 Å². The summed E-state index contributed by atoms with van der Waals surface area (Å²) in [7, 11) is 0. The Balaban J connectivity index is 1.72. The zero-order chi connectivity index (χ0) is 18.0. The van der Waals surface area contributed by atoms with Crippen LogP contribution < -0.4 is 4.74 Å². The van der Waals surface area contributed by atoms with Gasteiger partial charge >= 0.3 is 6.09 Å². The number of piperidine rings is 1. The second-order valence-electron chi connectivity index (χ2n) is 7.04. The van der Waals surface area contributed by atoms with E-state index in [4.69, 9.17) is 9.47 Å². The highest BCUT2D eigenvalue weighted by molar-refractivity contribution is 5.74. The quantitative estimate of drug-likeness (QED) is 0.793. The van der Waals surface area contributed by atoms with Gasteiger partial charge in [0.25, 0.3) is 5.88 Å². The van der Waals surface area contributed by atoms with E-state index in [1.807, 2.05) is 20.8 Å². The van der Waals surface area contributed by atoms with Gasteiger partial charge in [-0.2, -0.15) is 0 Å². The van der Waals surface area contributed by atoms with Crippen LogP contribution in [-0.2, 0) is 4.74 Å². The molecule has 0 radical (unpaired) electrons. The topological polar surface area (TPSA) is 86.0 Å². The number of imidazole rings is 1. The van der Waals surface area contributed by atoms with Crippen LogP contribution >= 0.6 is 0 Å². The van der Waals surface area contributed by atoms with Gasteiger partial charge in [0.15, 0.2) is 6.29 Å². The molecule has 1 atom stereocenters. The van der Waals surface area contributed by atoms with Crippen LogP contribution in [0.5, 0.6) is 5.88 Å². The van der Waals surface area contributed by atoms with Gasteiger partial charge < -0.3 is 14.4 Å². The molecular formula is C17H22N4O4. The summed E-state index contributed by atoms with van der Waals surface area (Å²) < 4.78 is 13.0. The van der Waals surface area contributed by atoms with Crippen LogP contribution in [0, 0.1) is 0 Å². The molecule has 0 N–H and O–H groups in total. The lowest BCUT2D eigenvalue weighted by Crippen LogP contribution is -2.46. The first-order valence-electron chi connectivity index (χ1n) is 8.29. The number of ether oxygens (including phenoxy) is 2. The number of nitrogens with zero attached hydrogens (tertiary/aromatic N) is 4. The maximum Gasteiger partial charge on any atom is 0.410 e. The van der Waals surface area contributed by atoms with E-state index >= 15 is 0 Å². The number of rotatable bonds is 3. The molecule has 1 fully saturated rings. The predicted molar refractivity (Wildman–Crippen MR) is 89.8 cm³/mol. The summed E-state index contributed by atoms with van der Waals surface area (Å²) in [5, 5.41) is 0. The predicted octanol–water partition coefficient (Wildman–Crippen LogP) is 2.32. The Morgan fingerprint density at radius 3 is 2.88 bits per heavy atom. The number of carbonyl (C=O) groups excluding carboxylic acids is 2. The van der Waals surface area contributed by atoms with E-state index in [-0.39, 0.29) is 12.2 Å². The minimum atomic E-state index is -0.529. The molecule has 1 unspecified atom stereocenters. The normalized spacial score (nSPS) is 18.2. The monoisotopic (exact) mass is 346 g/mol. The first kappa shape index (κ1) is 17.2. The maximum absolute atomic E-state index is 12.2. The highest BCUT2D eigenvalue weighted by Crippen LogP contribution is 2.22. The Labute approximate surface area is 145 Å². The van der Waals surface area contributed by atoms with Gasteiger partial charge in [-0.3, -0.25) is 9.20 Å². The number of carbonyl (C=O) groups is 2. The molecule has 1 saturated heterocycles. The van der Waals surface area contributed by atoms with Crippen LogP contribution in [0.15, 0.2) is 18.6 Å². The van der Waals surface area contributed by atoms with Crippen LogP contribution in [0.1, 0.15) is 44.1 Å². The van der Waals surface area contributed by atoms with Gasteiger partial charge in [-0.15, -0.1) is 0 Å². The molecular weight excluding hydrogens is 324 g/mol. The van der Waals surface area contributed by atoms with Crippen molar-refractivity contribution in [2.75, 3.05) is 13.1 Å². The lowest BCUT2D eigenvalue weighted by molar-refractivity contribution is 0.00735. The highest BCUT2D eigenvalue weighted by atomic mass is 16.6. The molecule has 0 spiro atoms. The molecule has 3 heterocycles. The molecule has 1 aliphatic heterocycles. The molecule has 0 bridgehead atoms. The number of likely N-dealkylation sites (tertiary alicyclic amines) is 1. The van der Waals surface area contributed by atoms with Gasteiger partial charge in [0.05, 0.1) is 12.7 Å². The van der Waals surface area contributed by atoms with E-state index in [0.717, 1.165) is 19.1 Å². The minimum absolute atomic E-state index is 0.198. The number of hydrogen-bond acceptors (Lipinski definition) is 6. The molecule has 1 aliphatic rings. The fourth-order valence-corrected chi connectivity index (χ4v) is 2.77. The summed E-state index contributed by atoms with van der Waals surface area (Å²) in [4.78, 5) is 33.4. The second kappa shape index (κ2) is 6.70. The molecule has 2 aromatic heterocycles. The largest absolute Gasteiger partial charge is 0.470 e. The van der Waals surface area contributed by atoms with Gasteiger partial charge in [-0.25, -0.2) is 14.8 Å². The third-order valence-corrected chi connectivity index (χ3v) is 3.85. The first-order valence-corrected chi connectivity index (χ1v) is 8.29. The van der Waals surface area contributed by atoms with Crippen molar-refractivity contribution >= 4 is 18.0 Å². The van der Waals surface area contributed by atoms with E-state index in [2.05, 4.69) is 9.97 Å². The molecule has 134 valence electrons. The molecule has 25 heavy (non-hydrogen) atoms. The van der Waals surface area contributed by atoms with Crippen molar-refractivity contribution in [2.45, 2.75) is 45.3 Å². The Bertz CT molecular complexity index is 781. The molecule has 8 heteroatoms. The smallest absolute Gasteiger partial charge is 0.410 e. The summed E-state index contributed by atoms with van der Waals surface area (Å²) in [6.07, 6.45) is 6.52. The third-order valence-electron chi connectivity index (χ3n) is 3.85. The Morgan fingerprint density at radius 2 is 2.16 bits per heavy atom. The van der Waals surface area contributed by atoms with Crippen molar-refractivity contribution in [3.8, 4) is 5.88 Å². The summed E-state index contributed by atoms with van der Waals surface area (Å²) in [6, 6.07) is 0. The summed E-state index contributed by atoms with van der Waals surface area (Å²) in [6.45, 7) is 6.60. The van der Waals surface area contributed by atoms with E-state index in [9.17, 15) is 9.59 Å². The summed E-state index contributed by atoms with van der Waals surface area (Å²) in [5.41, 5.74) is 0.388. The lowest BCUT2D eigenvalue weighted by atomic mass is 10.1. The van der Waals surface area contributed by atoms with Crippen LogP contribution in [0.3, 0.4) is 0 Å². The number of amides is 1. The van der Waals surface area contributed by atoms with Crippen LogP contribution in [0.4, 0.5) is 4.79 Å². The maximum atomic E-state index is 12.2. The van der Waals surface area contributed by atoms with E-state index in [1.54, 1.807) is 21.7 Å². The van der Waals surface area contributed by atoms with Crippen molar-refractivity contribution in [3.63, 3.8) is 0 Å². The fraction of sp³-hybridized carbons (Fsp3) is 0.529. The summed E-state index contributed by atoms with van der Waals surface area (Å²) >= 11 is 0. The zero-order valence-corrected chi connectivity index (χ0v) is 14.6. The molecule has 3 rings (SSSR count). The molecule has 2 aromatic rings. The molecule has 0 aliphatic carbocycles. The number of aromatic nitrogens is 3. The Kier molecular flexibility index (Phi) is 4.61. The average Bonchev–Trinajstić information content (AvgIpc) is 2.98. The van der Waals surface area contributed by atoms with Gasteiger partial charge in [0.2, 0.25) is 5.65 Å². The molecule has 0 aromatic carbocycles. The van der Waals surface area contributed by atoms with Crippen molar-refractivity contribution in [1.29, 1.82) is 0 Å². The lowest BCUT2D eigenvalue weighted by Gasteiger charge is -2.33. The number of fused-ring (bicyclic) bond motifs is 1. The fourth-order valence-electron chi connectivity index (χ4n) is 2.77. The minimum Gasteiger partial charge on any atom is -0.470 e. The third kappa shape index (κ3) is 3.89. The van der Waals surface area contributed by atoms with Crippen molar-refractivity contribution in [1.82, 2.24) is 19.3 Å². The Hall–Kier alpha value is -2.64. The summed E-state index contributed by atoms with van der Waals surface area (Å²) in [5.74, 6) is 0.353. The Morgan fingerprint density at radius 1 is 1.36 bits per heavy atom. The van der Waals surface area contributed by atoms with Gasteiger partial charge in [0.1, 0.15) is 17.4 Å². The zero-order valence-electron chi connectivity index (χ0n) is 14.6. The molecule has 0 saturated carbocycles. The van der Waals surface area contributed by atoms with E-state index < -0.39 is 5.60 Å². The van der Waals surface area contributed by atoms with Gasteiger partial charge in [-0.1, -0.05) is 0 Å². The first-order chi connectivity index (χ1) is 11.9. The van der Waals surface area contributed by atoms with Gasteiger partial charge in [0, 0.05) is 18.9 Å². The van der Waals surface area contributed by atoms with E-state index in [1.165, 1.54) is 6.20 Å². The van der Waals surface area contributed by atoms with Crippen molar-refractivity contribution in [3.05, 3.63) is 24.3 Å². The average molecular weight is 346 g/mol. The second-order valence-corrected chi connectivity index (χ2v) is 7.04. The number of aldehydes is 1.